The van der Waals surface area contributed by atoms with Crippen molar-refractivity contribution in [3.63, 3.8) is 0 Å². The van der Waals surface area contributed by atoms with Crippen molar-refractivity contribution in [2.45, 2.75) is 31.3 Å². The third-order valence-corrected chi connectivity index (χ3v) is 4.61. The number of halogens is 3. The molecule has 1 saturated heterocycles. The van der Waals surface area contributed by atoms with E-state index >= 15 is 0 Å². The number of aliphatic hydroxyl groups is 1. The van der Waals surface area contributed by atoms with Crippen molar-refractivity contribution in [2.24, 2.45) is 0 Å². The second-order valence-corrected chi connectivity index (χ2v) is 6.36. The minimum Gasteiger partial charge on any atom is -0.392 e. The number of rotatable bonds is 3. The van der Waals surface area contributed by atoms with Crippen LogP contribution < -0.4 is 0 Å². The highest BCUT2D eigenvalue weighted by Gasteiger charge is 2.39. The standard InChI is InChI=1S/C15H15F3N2OS/c16-15(17,18)13-4-2-1-3-12(13)14-5-10(21)7-20(14)8-11-6-19-9-22-11/h1-4,6,9-10,14,21H,5,7-8H2. The van der Waals surface area contributed by atoms with Crippen molar-refractivity contribution >= 4 is 11.3 Å². The lowest BCUT2D eigenvalue weighted by atomic mass is 9.97. The lowest BCUT2D eigenvalue weighted by Crippen LogP contribution is -2.25. The molecule has 1 aromatic heterocycles. The van der Waals surface area contributed by atoms with E-state index in [0.29, 0.717) is 19.5 Å². The van der Waals surface area contributed by atoms with Crippen LogP contribution in [-0.2, 0) is 12.7 Å². The third-order valence-electron chi connectivity index (χ3n) is 3.85. The van der Waals surface area contributed by atoms with Crippen molar-refractivity contribution in [1.29, 1.82) is 0 Å². The number of hydrogen-bond donors (Lipinski definition) is 1. The van der Waals surface area contributed by atoms with Crippen LogP contribution in [-0.4, -0.2) is 27.6 Å². The molecule has 3 rings (SSSR count). The average Bonchev–Trinajstić information content (AvgIpc) is 3.08. The lowest BCUT2D eigenvalue weighted by molar-refractivity contribution is -0.138. The Morgan fingerprint density at radius 2 is 2.09 bits per heavy atom. The van der Waals surface area contributed by atoms with Crippen LogP contribution >= 0.6 is 11.3 Å². The summed E-state index contributed by atoms with van der Waals surface area (Å²) in [7, 11) is 0. The number of hydrogen-bond acceptors (Lipinski definition) is 4. The van der Waals surface area contributed by atoms with Gasteiger partial charge in [-0.3, -0.25) is 9.88 Å². The Morgan fingerprint density at radius 1 is 1.32 bits per heavy atom. The summed E-state index contributed by atoms with van der Waals surface area (Å²) >= 11 is 1.46. The fourth-order valence-corrected chi connectivity index (χ4v) is 3.56. The Labute approximate surface area is 130 Å². The molecule has 2 heterocycles. The van der Waals surface area contributed by atoms with Gasteiger partial charge in [0, 0.05) is 30.2 Å². The summed E-state index contributed by atoms with van der Waals surface area (Å²) in [6, 6.07) is 5.18. The van der Waals surface area contributed by atoms with E-state index in [1.807, 2.05) is 4.90 Å². The Bertz CT molecular complexity index is 630. The van der Waals surface area contributed by atoms with Gasteiger partial charge in [0.2, 0.25) is 0 Å². The molecule has 7 heteroatoms. The maximum absolute atomic E-state index is 13.2. The number of likely N-dealkylation sites (tertiary alicyclic amines) is 1. The van der Waals surface area contributed by atoms with Crippen LogP contribution in [0.5, 0.6) is 0 Å². The molecule has 22 heavy (non-hydrogen) atoms. The van der Waals surface area contributed by atoms with Gasteiger partial charge in [-0.1, -0.05) is 18.2 Å². The van der Waals surface area contributed by atoms with Crippen molar-refractivity contribution < 1.29 is 18.3 Å². The molecule has 1 aromatic carbocycles. The molecule has 1 N–H and O–H groups in total. The van der Waals surface area contributed by atoms with Crippen LogP contribution in [0.4, 0.5) is 13.2 Å². The van der Waals surface area contributed by atoms with E-state index in [-0.39, 0.29) is 5.56 Å². The van der Waals surface area contributed by atoms with E-state index in [0.717, 1.165) is 10.9 Å². The molecule has 118 valence electrons. The first-order valence-corrected chi connectivity index (χ1v) is 7.78. The topological polar surface area (TPSA) is 36.4 Å². The van der Waals surface area contributed by atoms with Gasteiger partial charge in [-0.15, -0.1) is 11.3 Å². The molecule has 1 aliphatic rings. The summed E-state index contributed by atoms with van der Waals surface area (Å²) in [6.07, 6.45) is -2.98. The predicted molar refractivity (Wildman–Crippen MR) is 77.3 cm³/mol. The second kappa shape index (κ2) is 5.98. The average molecular weight is 328 g/mol. The molecular formula is C15H15F3N2OS. The molecule has 2 unspecified atom stereocenters. The van der Waals surface area contributed by atoms with Gasteiger partial charge in [0.1, 0.15) is 0 Å². The van der Waals surface area contributed by atoms with Gasteiger partial charge >= 0.3 is 6.18 Å². The molecule has 0 saturated carbocycles. The number of benzene rings is 1. The van der Waals surface area contributed by atoms with E-state index in [4.69, 9.17) is 0 Å². The Kier molecular flexibility index (Phi) is 4.20. The van der Waals surface area contributed by atoms with E-state index in [1.165, 1.54) is 23.5 Å². The van der Waals surface area contributed by atoms with Crippen LogP contribution in [0.25, 0.3) is 0 Å². The van der Waals surface area contributed by atoms with Gasteiger partial charge in [0.25, 0.3) is 0 Å². The molecule has 3 nitrogen and oxygen atoms in total. The minimum absolute atomic E-state index is 0.232. The summed E-state index contributed by atoms with van der Waals surface area (Å²) in [5.74, 6) is 0. The predicted octanol–water partition coefficient (Wildman–Crippen LogP) is 3.47. The first-order chi connectivity index (χ1) is 10.4. The molecular weight excluding hydrogens is 313 g/mol. The monoisotopic (exact) mass is 328 g/mol. The summed E-state index contributed by atoms with van der Waals surface area (Å²) in [5, 5.41) is 9.92. The number of nitrogens with zero attached hydrogens (tertiary/aromatic N) is 2. The van der Waals surface area contributed by atoms with Gasteiger partial charge in [0.15, 0.2) is 0 Å². The molecule has 1 aliphatic heterocycles. The minimum atomic E-state index is -4.39. The highest BCUT2D eigenvalue weighted by atomic mass is 32.1. The molecule has 2 aromatic rings. The molecule has 2 atom stereocenters. The quantitative estimate of drug-likeness (QED) is 0.937. The number of thiazole rings is 1. The summed E-state index contributed by atoms with van der Waals surface area (Å²) in [4.78, 5) is 6.85. The largest absolute Gasteiger partial charge is 0.416 e. The highest BCUT2D eigenvalue weighted by Crippen LogP contribution is 2.41. The summed E-state index contributed by atoms with van der Waals surface area (Å²) in [6.45, 7) is 0.868. The maximum Gasteiger partial charge on any atom is 0.416 e. The zero-order chi connectivity index (χ0) is 15.7. The Balaban J connectivity index is 1.92. The fourth-order valence-electron chi connectivity index (χ4n) is 2.94. The van der Waals surface area contributed by atoms with Gasteiger partial charge in [-0.05, 0) is 18.1 Å². The zero-order valence-electron chi connectivity index (χ0n) is 11.6. The number of alkyl halides is 3. The van der Waals surface area contributed by atoms with Crippen molar-refractivity contribution in [3.8, 4) is 0 Å². The fraction of sp³-hybridized carbons (Fsp3) is 0.400. The second-order valence-electron chi connectivity index (χ2n) is 5.39. The zero-order valence-corrected chi connectivity index (χ0v) is 12.4. The van der Waals surface area contributed by atoms with E-state index in [1.54, 1.807) is 17.8 Å². The molecule has 0 spiro atoms. The maximum atomic E-state index is 13.2. The third kappa shape index (κ3) is 3.16. The van der Waals surface area contributed by atoms with E-state index in [2.05, 4.69) is 4.98 Å². The molecule has 0 radical (unpaired) electrons. The number of β-amino-alcohol motifs (C(OH)–C–C–N with tert-alkyl or cyclic N) is 1. The van der Waals surface area contributed by atoms with Crippen molar-refractivity contribution in [2.75, 3.05) is 6.54 Å². The molecule has 0 amide bonds. The van der Waals surface area contributed by atoms with E-state index in [9.17, 15) is 18.3 Å². The van der Waals surface area contributed by atoms with Crippen LogP contribution in [0, 0.1) is 0 Å². The van der Waals surface area contributed by atoms with Crippen LogP contribution in [0.3, 0.4) is 0 Å². The normalized spacial score (nSPS) is 23.1. The number of aromatic nitrogens is 1. The van der Waals surface area contributed by atoms with Crippen molar-refractivity contribution in [1.82, 2.24) is 9.88 Å². The molecule has 0 aliphatic carbocycles. The number of aliphatic hydroxyl groups excluding tert-OH is 1. The SMILES string of the molecule is OC1CC(c2ccccc2C(F)(F)F)N(Cc2cncs2)C1. The highest BCUT2D eigenvalue weighted by molar-refractivity contribution is 7.09. The smallest absolute Gasteiger partial charge is 0.392 e. The van der Waals surface area contributed by atoms with Crippen LogP contribution in [0.15, 0.2) is 36.0 Å². The van der Waals surface area contributed by atoms with Crippen molar-refractivity contribution in [3.05, 3.63) is 52.0 Å². The molecule has 0 bridgehead atoms. The van der Waals surface area contributed by atoms with Gasteiger partial charge < -0.3 is 5.11 Å². The Morgan fingerprint density at radius 3 is 2.77 bits per heavy atom. The summed E-state index contributed by atoms with van der Waals surface area (Å²) in [5.41, 5.74) is 1.31. The van der Waals surface area contributed by atoms with Crippen LogP contribution in [0.2, 0.25) is 0 Å². The van der Waals surface area contributed by atoms with E-state index < -0.39 is 23.9 Å². The van der Waals surface area contributed by atoms with Gasteiger partial charge in [-0.2, -0.15) is 13.2 Å². The first-order valence-electron chi connectivity index (χ1n) is 6.91. The summed E-state index contributed by atoms with van der Waals surface area (Å²) < 4.78 is 39.6. The van der Waals surface area contributed by atoms with Gasteiger partial charge in [0.05, 0.1) is 17.2 Å². The molecule has 1 fully saturated rings. The van der Waals surface area contributed by atoms with Gasteiger partial charge in [-0.25, -0.2) is 0 Å². The Hall–Kier alpha value is -1.44. The first kappa shape index (κ1) is 15.5. The van der Waals surface area contributed by atoms with Crippen LogP contribution in [0.1, 0.15) is 28.5 Å². The lowest BCUT2D eigenvalue weighted by Gasteiger charge is -2.26.